The van der Waals surface area contributed by atoms with Gasteiger partial charge in [-0.2, -0.15) is 0 Å². The number of nitrogens with zero attached hydrogens (tertiary/aromatic N) is 3. The van der Waals surface area contributed by atoms with E-state index in [-0.39, 0.29) is 17.1 Å². The van der Waals surface area contributed by atoms with Crippen molar-refractivity contribution in [1.29, 1.82) is 0 Å². The Morgan fingerprint density at radius 3 is 2.66 bits per heavy atom. The zero-order chi connectivity index (χ0) is 21.1. The lowest BCUT2D eigenvalue weighted by Crippen LogP contribution is -2.25. The van der Waals surface area contributed by atoms with Crippen LogP contribution in [0.1, 0.15) is 28.7 Å². The van der Waals surface area contributed by atoms with E-state index >= 15 is 0 Å². The number of ether oxygens (including phenoxy) is 1. The Kier molecular flexibility index (Phi) is 6.97. The normalized spacial score (nSPS) is 11.3. The summed E-state index contributed by atoms with van der Waals surface area (Å²) < 4.78 is 9.69. The molecule has 0 spiro atoms. The maximum Gasteiger partial charge on any atom is 0.262 e. The molecule has 0 fully saturated rings. The van der Waals surface area contributed by atoms with Gasteiger partial charge in [-0.05, 0) is 45.0 Å². The van der Waals surface area contributed by atoms with Crippen molar-refractivity contribution in [2.75, 3.05) is 19.5 Å². The first-order valence-corrected chi connectivity index (χ1v) is 11.2. The predicted octanol–water partition coefficient (Wildman–Crippen LogP) is 4.22. The molecule has 0 saturated heterocycles. The smallest absolute Gasteiger partial charge is 0.262 e. The van der Waals surface area contributed by atoms with Crippen molar-refractivity contribution in [3.8, 4) is 0 Å². The molecule has 29 heavy (non-hydrogen) atoms. The van der Waals surface area contributed by atoms with Crippen LogP contribution >= 0.6 is 27.7 Å². The molecular formula is C21H24BrN3O3S. The fourth-order valence-electron chi connectivity index (χ4n) is 3.44. The van der Waals surface area contributed by atoms with Crippen LogP contribution in [0.5, 0.6) is 0 Å². The topological polar surface area (TPSA) is 66.1 Å². The van der Waals surface area contributed by atoms with Gasteiger partial charge in [-0.3, -0.25) is 14.2 Å². The van der Waals surface area contributed by atoms with Crippen molar-refractivity contribution >= 4 is 44.4 Å². The van der Waals surface area contributed by atoms with Crippen LogP contribution in [-0.4, -0.2) is 39.4 Å². The third-order valence-electron chi connectivity index (χ3n) is 4.92. The lowest BCUT2D eigenvalue weighted by molar-refractivity contribution is 0.102. The number of hydrogen-bond donors (Lipinski definition) is 0. The highest BCUT2D eigenvalue weighted by molar-refractivity contribution is 9.10. The van der Waals surface area contributed by atoms with Gasteiger partial charge in [0.15, 0.2) is 10.9 Å². The Bertz CT molecular complexity index is 1120. The minimum Gasteiger partial charge on any atom is -0.383 e. The third kappa shape index (κ3) is 4.49. The van der Waals surface area contributed by atoms with Crippen LogP contribution in [0.2, 0.25) is 0 Å². The van der Waals surface area contributed by atoms with Gasteiger partial charge in [0, 0.05) is 35.1 Å². The highest BCUT2D eigenvalue weighted by atomic mass is 79.9. The van der Waals surface area contributed by atoms with Gasteiger partial charge in [0.25, 0.3) is 5.56 Å². The second-order valence-electron chi connectivity index (χ2n) is 6.75. The molecule has 3 rings (SSSR count). The molecule has 0 amide bonds. The molecule has 8 heteroatoms. The Hall–Kier alpha value is -1.90. The first-order valence-electron chi connectivity index (χ1n) is 9.39. The summed E-state index contributed by atoms with van der Waals surface area (Å²) in [6.45, 7) is 7.64. The van der Waals surface area contributed by atoms with Gasteiger partial charge in [0.05, 0.1) is 29.8 Å². The summed E-state index contributed by atoms with van der Waals surface area (Å²) in [5.41, 5.74) is 3.26. The van der Waals surface area contributed by atoms with Gasteiger partial charge < -0.3 is 9.30 Å². The summed E-state index contributed by atoms with van der Waals surface area (Å²) in [6, 6.07) is 7.37. The Morgan fingerprint density at radius 1 is 1.24 bits per heavy atom. The fourth-order valence-corrected chi connectivity index (χ4v) is 4.71. The number of methoxy groups -OCH3 is 1. The molecule has 0 N–H and O–H groups in total. The number of carbonyl (C=O) groups excluding carboxylic acids is 1. The number of halogens is 1. The summed E-state index contributed by atoms with van der Waals surface area (Å²) in [4.78, 5) is 30.5. The Morgan fingerprint density at radius 2 is 2.00 bits per heavy atom. The predicted molar refractivity (Wildman–Crippen MR) is 120 cm³/mol. The van der Waals surface area contributed by atoms with E-state index in [4.69, 9.17) is 4.74 Å². The van der Waals surface area contributed by atoms with Crippen molar-refractivity contribution in [1.82, 2.24) is 14.1 Å². The van der Waals surface area contributed by atoms with Gasteiger partial charge in [-0.25, -0.2) is 4.98 Å². The first kappa shape index (κ1) is 21.8. The van der Waals surface area contributed by atoms with Gasteiger partial charge in [0.2, 0.25) is 0 Å². The zero-order valence-electron chi connectivity index (χ0n) is 17.0. The third-order valence-corrected chi connectivity index (χ3v) is 6.39. The summed E-state index contributed by atoms with van der Waals surface area (Å²) in [7, 11) is 1.59. The van der Waals surface area contributed by atoms with Crippen molar-refractivity contribution in [2.45, 2.75) is 39.0 Å². The second-order valence-corrected chi connectivity index (χ2v) is 8.60. The van der Waals surface area contributed by atoms with Crippen molar-refractivity contribution in [2.24, 2.45) is 0 Å². The number of aromatic nitrogens is 3. The Labute approximate surface area is 182 Å². The lowest BCUT2D eigenvalue weighted by Gasteiger charge is -2.13. The van der Waals surface area contributed by atoms with Gasteiger partial charge in [-0.15, -0.1) is 0 Å². The molecule has 2 heterocycles. The minimum atomic E-state index is -0.132. The van der Waals surface area contributed by atoms with E-state index < -0.39 is 0 Å². The zero-order valence-corrected chi connectivity index (χ0v) is 19.4. The summed E-state index contributed by atoms with van der Waals surface area (Å²) in [6.07, 6.45) is 0. The van der Waals surface area contributed by atoms with Crippen LogP contribution in [0.3, 0.4) is 0 Å². The fraction of sp³-hybridized carbons (Fsp3) is 0.381. The van der Waals surface area contributed by atoms with E-state index in [1.54, 1.807) is 17.7 Å². The molecular weight excluding hydrogens is 454 g/mol. The van der Waals surface area contributed by atoms with Gasteiger partial charge in [-0.1, -0.05) is 27.7 Å². The van der Waals surface area contributed by atoms with Crippen molar-refractivity contribution < 1.29 is 9.53 Å². The van der Waals surface area contributed by atoms with E-state index in [9.17, 15) is 9.59 Å². The molecule has 3 aromatic rings. The quantitative estimate of drug-likeness (QED) is 0.276. The average molecular weight is 478 g/mol. The minimum absolute atomic E-state index is 0.0336. The number of fused-ring (bicyclic) bond motifs is 1. The number of thioether (sulfide) groups is 1. The molecule has 6 nitrogen and oxygen atoms in total. The average Bonchev–Trinajstić information content (AvgIpc) is 2.99. The summed E-state index contributed by atoms with van der Waals surface area (Å²) >= 11 is 4.70. The molecule has 0 atom stereocenters. The molecule has 2 aromatic heterocycles. The number of benzene rings is 1. The van der Waals surface area contributed by atoms with E-state index in [0.717, 1.165) is 28.0 Å². The number of ketones is 1. The number of rotatable bonds is 8. The monoisotopic (exact) mass is 477 g/mol. The molecule has 0 unspecified atom stereocenters. The standard InChI is InChI=1S/C21H24BrN3O3S/c1-5-24-13(2)10-16(14(24)3)19(26)12-29-21-23-18-7-6-15(22)11-17(18)20(27)25(21)8-9-28-4/h6-7,10-11H,5,8-9,12H2,1-4H3. The van der Waals surface area contributed by atoms with E-state index in [0.29, 0.717) is 29.2 Å². The van der Waals surface area contributed by atoms with Crippen LogP contribution in [0.15, 0.2) is 38.7 Å². The molecule has 0 aliphatic carbocycles. The first-order chi connectivity index (χ1) is 13.9. The molecule has 0 bridgehead atoms. The molecule has 0 aliphatic heterocycles. The van der Waals surface area contributed by atoms with Gasteiger partial charge in [0.1, 0.15) is 0 Å². The highest BCUT2D eigenvalue weighted by Crippen LogP contribution is 2.23. The van der Waals surface area contributed by atoms with Gasteiger partial charge >= 0.3 is 0 Å². The summed E-state index contributed by atoms with van der Waals surface area (Å²) in [5, 5.41) is 1.07. The largest absolute Gasteiger partial charge is 0.383 e. The van der Waals surface area contributed by atoms with E-state index in [1.165, 1.54) is 11.8 Å². The van der Waals surface area contributed by atoms with Crippen LogP contribution in [0, 0.1) is 13.8 Å². The molecule has 0 radical (unpaired) electrons. The maximum atomic E-state index is 13.0. The number of aryl methyl sites for hydroxylation is 1. The molecule has 0 aliphatic rings. The number of hydrogen-bond acceptors (Lipinski definition) is 5. The summed E-state index contributed by atoms with van der Waals surface area (Å²) in [5.74, 6) is 0.251. The van der Waals surface area contributed by atoms with E-state index in [2.05, 4.69) is 32.4 Å². The lowest BCUT2D eigenvalue weighted by atomic mass is 10.2. The maximum absolute atomic E-state index is 13.0. The Balaban J connectivity index is 1.93. The van der Waals surface area contributed by atoms with Crippen molar-refractivity contribution in [3.05, 3.63) is 56.0 Å². The molecule has 154 valence electrons. The number of Topliss-reactive ketones (excluding diaryl/α,β-unsaturated/α-hetero) is 1. The van der Waals surface area contributed by atoms with Crippen LogP contribution < -0.4 is 5.56 Å². The SMILES string of the molecule is CCn1c(C)cc(C(=O)CSc2nc3ccc(Br)cc3c(=O)n2CCOC)c1C. The van der Waals surface area contributed by atoms with Crippen LogP contribution in [-0.2, 0) is 17.8 Å². The van der Waals surface area contributed by atoms with Crippen molar-refractivity contribution in [3.63, 3.8) is 0 Å². The molecule has 0 saturated carbocycles. The van der Waals surface area contributed by atoms with E-state index in [1.807, 2.05) is 32.0 Å². The van der Waals surface area contributed by atoms with Crippen LogP contribution in [0.25, 0.3) is 10.9 Å². The second kappa shape index (κ2) is 9.28. The number of carbonyl (C=O) groups is 1. The highest BCUT2D eigenvalue weighted by Gasteiger charge is 2.18. The molecule has 1 aromatic carbocycles. The van der Waals surface area contributed by atoms with Crippen LogP contribution in [0.4, 0.5) is 0 Å².